The maximum atomic E-state index is 13.5. The average molecular weight is 509 g/mol. The van der Waals surface area contributed by atoms with E-state index in [-0.39, 0.29) is 28.7 Å². The van der Waals surface area contributed by atoms with Gasteiger partial charge >= 0.3 is 0 Å². The van der Waals surface area contributed by atoms with Gasteiger partial charge in [0.2, 0.25) is 15.9 Å². The summed E-state index contributed by atoms with van der Waals surface area (Å²) in [5.41, 5.74) is 7.68. The Labute approximate surface area is 211 Å². The lowest BCUT2D eigenvalue weighted by molar-refractivity contribution is -0.134. The molecule has 0 spiro atoms. The molecular weight excluding hydrogens is 476 g/mol. The highest BCUT2D eigenvalue weighted by atomic mass is 32.2. The standard InChI is InChI=1S/C27H32N4O4S/c1-17-8-4-5-9-20(17)26(32)29-24-12-13-25(22-11-7-6-10-21(22)24)36(34,35)30-23-14-15-31(16-18(23)2)27(33)19(3)28/h4-13,18-19,23,30H,14-16,28H2,1-3H3,(H,29,32)/t18-,19-,23+/m0/s1. The van der Waals surface area contributed by atoms with Crippen molar-refractivity contribution in [3.63, 3.8) is 0 Å². The van der Waals surface area contributed by atoms with E-state index in [1.807, 2.05) is 32.0 Å². The van der Waals surface area contributed by atoms with Crippen LogP contribution in [-0.4, -0.2) is 50.3 Å². The molecule has 0 radical (unpaired) electrons. The van der Waals surface area contributed by atoms with Crippen LogP contribution >= 0.6 is 0 Å². The number of fused-ring (bicyclic) bond motifs is 1. The summed E-state index contributed by atoms with van der Waals surface area (Å²) in [7, 11) is -3.87. The molecule has 1 saturated heterocycles. The van der Waals surface area contributed by atoms with Crippen molar-refractivity contribution in [2.75, 3.05) is 18.4 Å². The third-order valence-electron chi connectivity index (χ3n) is 6.72. The van der Waals surface area contributed by atoms with E-state index in [1.54, 1.807) is 48.2 Å². The molecule has 4 rings (SSSR count). The quantitative estimate of drug-likeness (QED) is 0.472. The fourth-order valence-corrected chi connectivity index (χ4v) is 6.29. The third-order valence-corrected chi connectivity index (χ3v) is 8.27. The fourth-order valence-electron chi connectivity index (χ4n) is 4.70. The highest BCUT2D eigenvalue weighted by molar-refractivity contribution is 7.89. The molecule has 1 fully saturated rings. The second-order valence-electron chi connectivity index (χ2n) is 9.49. The molecule has 0 bridgehead atoms. The number of rotatable bonds is 6. The first-order chi connectivity index (χ1) is 17.1. The lowest BCUT2D eigenvalue weighted by Crippen LogP contribution is -2.54. The summed E-state index contributed by atoms with van der Waals surface area (Å²) in [6, 6.07) is 16.7. The van der Waals surface area contributed by atoms with Gasteiger partial charge in [0.25, 0.3) is 5.91 Å². The smallest absolute Gasteiger partial charge is 0.255 e. The van der Waals surface area contributed by atoms with Crippen LogP contribution < -0.4 is 15.8 Å². The molecular formula is C27H32N4O4S. The molecule has 1 aliphatic rings. The fraction of sp³-hybridized carbons (Fsp3) is 0.333. The van der Waals surface area contributed by atoms with Gasteiger partial charge in [0, 0.05) is 41.2 Å². The number of anilines is 1. The normalized spacial score (nSPS) is 19.2. The molecule has 0 unspecified atom stereocenters. The molecule has 4 N–H and O–H groups in total. The number of nitrogens with one attached hydrogen (secondary N) is 2. The number of amides is 2. The predicted octanol–water partition coefficient (Wildman–Crippen LogP) is 3.26. The summed E-state index contributed by atoms with van der Waals surface area (Å²) in [5, 5.41) is 4.08. The van der Waals surface area contributed by atoms with Crippen LogP contribution in [-0.2, 0) is 14.8 Å². The van der Waals surface area contributed by atoms with Gasteiger partial charge in [-0.25, -0.2) is 13.1 Å². The van der Waals surface area contributed by atoms with E-state index in [1.165, 1.54) is 6.07 Å². The number of nitrogens with two attached hydrogens (primary N) is 1. The largest absolute Gasteiger partial charge is 0.341 e. The van der Waals surface area contributed by atoms with Crippen LogP contribution in [0.2, 0.25) is 0 Å². The highest BCUT2D eigenvalue weighted by Crippen LogP contribution is 2.31. The summed E-state index contributed by atoms with van der Waals surface area (Å²) >= 11 is 0. The maximum absolute atomic E-state index is 13.5. The van der Waals surface area contributed by atoms with Crippen molar-refractivity contribution in [3.05, 3.63) is 71.8 Å². The number of likely N-dealkylation sites (tertiary alicyclic amines) is 1. The Kier molecular flexibility index (Phi) is 7.44. The SMILES string of the molecule is Cc1ccccc1C(=O)Nc1ccc(S(=O)(=O)N[C@@H]2CCN(C(=O)[C@H](C)N)C[C@@H]2C)c2ccccc12. The number of piperidine rings is 1. The Morgan fingerprint density at radius 1 is 1.03 bits per heavy atom. The van der Waals surface area contributed by atoms with E-state index in [0.29, 0.717) is 41.5 Å². The summed E-state index contributed by atoms with van der Waals surface area (Å²) < 4.78 is 29.8. The van der Waals surface area contributed by atoms with Gasteiger partial charge in [0.1, 0.15) is 0 Å². The zero-order valence-corrected chi connectivity index (χ0v) is 21.5. The van der Waals surface area contributed by atoms with Gasteiger partial charge in [0.15, 0.2) is 0 Å². The first kappa shape index (κ1) is 25.8. The van der Waals surface area contributed by atoms with Crippen LogP contribution in [0, 0.1) is 12.8 Å². The number of benzene rings is 3. The molecule has 8 nitrogen and oxygen atoms in total. The minimum absolute atomic E-state index is 0.0739. The van der Waals surface area contributed by atoms with E-state index >= 15 is 0 Å². The molecule has 1 heterocycles. The van der Waals surface area contributed by atoms with Crippen molar-refractivity contribution in [1.29, 1.82) is 0 Å². The second kappa shape index (κ2) is 10.4. The van der Waals surface area contributed by atoms with Gasteiger partial charge in [-0.1, -0.05) is 49.4 Å². The van der Waals surface area contributed by atoms with Crippen molar-refractivity contribution in [3.8, 4) is 0 Å². The number of aryl methyl sites for hydroxylation is 1. The van der Waals surface area contributed by atoms with Gasteiger partial charge in [0.05, 0.1) is 10.9 Å². The Morgan fingerprint density at radius 3 is 2.36 bits per heavy atom. The molecule has 0 saturated carbocycles. The Bertz CT molecular complexity index is 1400. The Morgan fingerprint density at radius 2 is 1.69 bits per heavy atom. The number of carbonyl (C=O) groups is 2. The Balaban J connectivity index is 1.58. The number of nitrogens with zero attached hydrogens (tertiary/aromatic N) is 1. The van der Waals surface area contributed by atoms with Crippen LogP contribution in [0.15, 0.2) is 65.6 Å². The van der Waals surface area contributed by atoms with Crippen molar-refractivity contribution in [1.82, 2.24) is 9.62 Å². The van der Waals surface area contributed by atoms with Gasteiger partial charge in [-0.3, -0.25) is 9.59 Å². The minimum atomic E-state index is -3.87. The van der Waals surface area contributed by atoms with Crippen molar-refractivity contribution in [2.24, 2.45) is 11.7 Å². The molecule has 2 amide bonds. The molecule has 0 aromatic heterocycles. The van der Waals surface area contributed by atoms with Gasteiger partial charge in [-0.15, -0.1) is 0 Å². The summed E-state index contributed by atoms with van der Waals surface area (Å²) in [5.74, 6) is -0.457. The van der Waals surface area contributed by atoms with E-state index in [9.17, 15) is 18.0 Å². The lowest BCUT2D eigenvalue weighted by Gasteiger charge is -2.37. The summed E-state index contributed by atoms with van der Waals surface area (Å²) in [4.78, 5) is 27.0. The summed E-state index contributed by atoms with van der Waals surface area (Å²) in [6.07, 6.45) is 0.501. The van der Waals surface area contributed by atoms with Crippen molar-refractivity contribution >= 4 is 38.3 Å². The average Bonchev–Trinajstić information content (AvgIpc) is 2.85. The highest BCUT2D eigenvalue weighted by Gasteiger charge is 2.33. The Hall–Kier alpha value is -3.27. The number of hydrogen-bond acceptors (Lipinski definition) is 5. The second-order valence-corrected chi connectivity index (χ2v) is 11.2. The monoisotopic (exact) mass is 508 g/mol. The van der Waals surface area contributed by atoms with Gasteiger partial charge in [-0.05, 0) is 49.9 Å². The van der Waals surface area contributed by atoms with Gasteiger partial charge < -0.3 is 16.0 Å². The summed E-state index contributed by atoms with van der Waals surface area (Å²) in [6.45, 7) is 6.34. The molecule has 1 aliphatic heterocycles. The van der Waals surface area contributed by atoms with Gasteiger partial charge in [-0.2, -0.15) is 0 Å². The number of sulfonamides is 1. The van der Waals surface area contributed by atoms with Crippen LogP contribution in [0.5, 0.6) is 0 Å². The number of hydrogen-bond donors (Lipinski definition) is 3. The molecule has 9 heteroatoms. The zero-order valence-electron chi connectivity index (χ0n) is 20.7. The molecule has 190 valence electrons. The molecule has 36 heavy (non-hydrogen) atoms. The van der Waals surface area contributed by atoms with Crippen molar-refractivity contribution < 1.29 is 18.0 Å². The maximum Gasteiger partial charge on any atom is 0.255 e. The molecule has 3 atom stereocenters. The first-order valence-electron chi connectivity index (χ1n) is 12.0. The number of carbonyl (C=O) groups excluding carboxylic acids is 2. The molecule has 0 aliphatic carbocycles. The molecule has 3 aromatic carbocycles. The van der Waals surface area contributed by atoms with Crippen molar-refractivity contribution in [2.45, 2.75) is 44.2 Å². The predicted molar refractivity (Wildman–Crippen MR) is 141 cm³/mol. The van der Waals surface area contributed by atoms with E-state index in [0.717, 1.165) is 5.56 Å². The first-order valence-corrected chi connectivity index (χ1v) is 13.5. The van der Waals surface area contributed by atoms with Crippen LogP contribution in [0.4, 0.5) is 5.69 Å². The minimum Gasteiger partial charge on any atom is -0.341 e. The lowest BCUT2D eigenvalue weighted by atomic mass is 9.94. The van der Waals surface area contributed by atoms with Crippen LogP contribution in [0.25, 0.3) is 10.8 Å². The topological polar surface area (TPSA) is 122 Å². The zero-order chi connectivity index (χ0) is 26.0. The van der Waals surface area contributed by atoms with Crippen LogP contribution in [0.1, 0.15) is 36.2 Å². The van der Waals surface area contributed by atoms with E-state index in [4.69, 9.17) is 5.73 Å². The van der Waals surface area contributed by atoms with E-state index in [2.05, 4.69) is 10.0 Å². The third kappa shape index (κ3) is 5.28. The van der Waals surface area contributed by atoms with E-state index < -0.39 is 16.1 Å². The molecule has 3 aromatic rings. The van der Waals surface area contributed by atoms with Crippen LogP contribution in [0.3, 0.4) is 0 Å².